The Hall–Kier alpha value is -2.99. The Morgan fingerprint density at radius 3 is 2.71 bits per heavy atom. The van der Waals surface area contributed by atoms with Crippen LogP contribution in [-0.4, -0.2) is 27.7 Å². The number of rotatable bonds is 7. The first-order valence-corrected chi connectivity index (χ1v) is 11.1. The molecule has 2 saturated carbocycles. The second-order valence-electron chi connectivity index (χ2n) is 9.01. The van der Waals surface area contributed by atoms with E-state index in [4.69, 9.17) is 0 Å². The maximum Gasteiger partial charge on any atom is 0.255 e. The van der Waals surface area contributed by atoms with Crippen LogP contribution in [0, 0.1) is 5.92 Å². The second-order valence-corrected chi connectivity index (χ2v) is 9.01. The van der Waals surface area contributed by atoms with Crippen molar-refractivity contribution in [3.63, 3.8) is 0 Å². The molecule has 1 aromatic heterocycles. The number of nitrogens with one attached hydrogen (secondary N) is 2. The lowest BCUT2D eigenvalue weighted by Gasteiger charge is -2.12. The quantitative estimate of drug-likeness (QED) is 0.607. The molecule has 0 aliphatic heterocycles. The van der Waals surface area contributed by atoms with Crippen molar-refractivity contribution in [1.29, 1.82) is 0 Å². The SMILES string of the molecule is CNCc1ccc(C(=O)Nc2cccc([C@H]3[C@H](C)[C@H]3c3nncn3C)c2)cc1C1CC1. The van der Waals surface area contributed by atoms with Crippen LogP contribution in [0.3, 0.4) is 0 Å². The van der Waals surface area contributed by atoms with Gasteiger partial charge in [-0.25, -0.2) is 0 Å². The molecule has 160 valence electrons. The van der Waals surface area contributed by atoms with E-state index in [1.54, 1.807) is 6.33 Å². The van der Waals surface area contributed by atoms with Crippen molar-refractivity contribution in [3.8, 4) is 0 Å². The number of carbonyl (C=O) groups excluding carboxylic acids is 1. The van der Waals surface area contributed by atoms with E-state index in [2.05, 4.69) is 52.0 Å². The van der Waals surface area contributed by atoms with E-state index in [9.17, 15) is 4.79 Å². The van der Waals surface area contributed by atoms with Gasteiger partial charge in [0.2, 0.25) is 0 Å². The number of amides is 1. The van der Waals surface area contributed by atoms with Crippen LogP contribution < -0.4 is 10.6 Å². The summed E-state index contributed by atoms with van der Waals surface area (Å²) in [5.74, 6) is 2.87. The number of anilines is 1. The van der Waals surface area contributed by atoms with Crippen molar-refractivity contribution in [2.45, 2.75) is 44.1 Å². The van der Waals surface area contributed by atoms with Gasteiger partial charge in [0.1, 0.15) is 12.2 Å². The summed E-state index contributed by atoms with van der Waals surface area (Å²) in [6.07, 6.45) is 4.19. The van der Waals surface area contributed by atoms with E-state index in [0.717, 1.165) is 23.6 Å². The molecular formula is C25H29N5O. The molecule has 0 radical (unpaired) electrons. The molecule has 2 N–H and O–H groups in total. The van der Waals surface area contributed by atoms with Gasteiger partial charge in [-0.05, 0) is 78.6 Å². The third-order valence-corrected chi connectivity index (χ3v) is 6.75. The van der Waals surface area contributed by atoms with E-state index in [-0.39, 0.29) is 5.91 Å². The third kappa shape index (κ3) is 3.88. The summed E-state index contributed by atoms with van der Waals surface area (Å²) in [6.45, 7) is 3.09. The van der Waals surface area contributed by atoms with Crippen LogP contribution in [0.5, 0.6) is 0 Å². The maximum absolute atomic E-state index is 13.0. The molecule has 2 aromatic carbocycles. The van der Waals surface area contributed by atoms with Gasteiger partial charge < -0.3 is 15.2 Å². The Morgan fingerprint density at radius 1 is 1.16 bits per heavy atom. The van der Waals surface area contributed by atoms with Crippen LogP contribution in [-0.2, 0) is 13.6 Å². The Kier molecular flexibility index (Phi) is 5.10. The van der Waals surface area contributed by atoms with Crippen LogP contribution in [0.2, 0.25) is 0 Å². The predicted molar refractivity (Wildman–Crippen MR) is 121 cm³/mol. The molecule has 6 nitrogen and oxygen atoms in total. The van der Waals surface area contributed by atoms with Crippen molar-refractivity contribution < 1.29 is 4.79 Å². The molecule has 0 unspecified atom stereocenters. The van der Waals surface area contributed by atoms with Gasteiger partial charge in [0.15, 0.2) is 0 Å². The molecule has 0 saturated heterocycles. The molecular weight excluding hydrogens is 386 g/mol. The lowest BCUT2D eigenvalue weighted by molar-refractivity contribution is 0.102. The largest absolute Gasteiger partial charge is 0.322 e. The van der Waals surface area contributed by atoms with Gasteiger partial charge in [-0.15, -0.1) is 10.2 Å². The van der Waals surface area contributed by atoms with Crippen LogP contribution in [0.25, 0.3) is 0 Å². The topological polar surface area (TPSA) is 71.8 Å². The first kappa shape index (κ1) is 19.9. The first-order chi connectivity index (χ1) is 15.1. The number of aryl methyl sites for hydroxylation is 1. The van der Waals surface area contributed by atoms with Gasteiger partial charge in [-0.3, -0.25) is 4.79 Å². The summed E-state index contributed by atoms with van der Waals surface area (Å²) >= 11 is 0. The van der Waals surface area contributed by atoms with E-state index in [1.165, 1.54) is 29.5 Å². The number of carbonyl (C=O) groups is 1. The van der Waals surface area contributed by atoms with E-state index < -0.39 is 0 Å². The first-order valence-electron chi connectivity index (χ1n) is 11.1. The summed E-state index contributed by atoms with van der Waals surface area (Å²) in [5.41, 5.74) is 5.41. The highest BCUT2D eigenvalue weighted by molar-refractivity contribution is 6.04. The zero-order chi connectivity index (χ0) is 21.5. The maximum atomic E-state index is 13.0. The van der Waals surface area contributed by atoms with E-state index >= 15 is 0 Å². The van der Waals surface area contributed by atoms with Crippen LogP contribution in [0.1, 0.15) is 70.4 Å². The normalized spacial score (nSPS) is 22.4. The summed E-state index contributed by atoms with van der Waals surface area (Å²) in [5, 5.41) is 14.7. The standard InChI is InChI=1S/C25H29N5O/c1-15-22(23(15)24-29-27-14-30(24)3)17-5-4-6-20(11-17)28-25(31)18-9-10-19(13-26-2)21(12-18)16-7-8-16/h4-6,9-12,14-16,22-23,26H,7-8,13H2,1-3H3,(H,28,31)/t15-,22+,23+/m0/s1. The van der Waals surface area contributed by atoms with Gasteiger partial charge in [0.05, 0.1) is 0 Å². The fourth-order valence-electron chi connectivity index (χ4n) is 4.85. The van der Waals surface area contributed by atoms with Crippen molar-refractivity contribution in [2.24, 2.45) is 13.0 Å². The third-order valence-electron chi connectivity index (χ3n) is 6.75. The molecule has 0 bridgehead atoms. The van der Waals surface area contributed by atoms with Gasteiger partial charge in [0, 0.05) is 30.8 Å². The predicted octanol–water partition coefficient (Wildman–Crippen LogP) is 4.18. The molecule has 0 spiro atoms. The minimum Gasteiger partial charge on any atom is -0.322 e. The van der Waals surface area contributed by atoms with Gasteiger partial charge in [-0.2, -0.15) is 0 Å². The average molecular weight is 416 g/mol. The zero-order valence-electron chi connectivity index (χ0n) is 18.3. The molecule has 31 heavy (non-hydrogen) atoms. The zero-order valence-corrected chi connectivity index (χ0v) is 18.3. The van der Waals surface area contributed by atoms with Crippen LogP contribution in [0.15, 0.2) is 48.8 Å². The fourth-order valence-corrected chi connectivity index (χ4v) is 4.85. The number of aromatic nitrogens is 3. The van der Waals surface area contributed by atoms with Crippen molar-refractivity contribution in [1.82, 2.24) is 20.1 Å². The average Bonchev–Trinajstić information content (AvgIpc) is 3.67. The lowest BCUT2D eigenvalue weighted by Crippen LogP contribution is -2.14. The van der Waals surface area contributed by atoms with Crippen LogP contribution >= 0.6 is 0 Å². The molecule has 1 heterocycles. The molecule has 6 heteroatoms. The number of hydrogen-bond donors (Lipinski definition) is 2. The van der Waals surface area contributed by atoms with E-state index in [0.29, 0.717) is 23.7 Å². The molecule has 1 amide bonds. The molecule has 3 aromatic rings. The summed E-state index contributed by atoms with van der Waals surface area (Å²) in [4.78, 5) is 13.0. The van der Waals surface area contributed by atoms with Gasteiger partial charge in [-0.1, -0.05) is 25.1 Å². The Morgan fingerprint density at radius 2 is 2.00 bits per heavy atom. The van der Waals surface area contributed by atoms with Crippen LogP contribution in [0.4, 0.5) is 5.69 Å². The van der Waals surface area contributed by atoms with Crippen molar-refractivity contribution in [3.05, 3.63) is 76.9 Å². The Balaban J connectivity index is 1.33. The minimum absolute atomic E-state index is 0.0521. The Bertz CT molecular complexity index is 1120. The smallest absolute Gasteiger partial charge is 0.255 e. The lowest BCUT2D eigenvalue weighted by atomic mass is 9.99. The number of hydrogen-bond acceptors (Lipinski definition) is 4. The van der Waals surface area contributed by atoms with Crippen molar-refractivity contribution in [2.75, 3.05) is 12.4 Å². The highest BCUT2D eigenvalue weighted by atomic mass is 16.1. The molecule has 2 aliphatic rings. The summed E-state index contributed by atoms with van der Waals surface area (Å²) in [7, 11) is 3.95. The highest BCUT2D eigenvalue weighted by Gasteiger charge is 2.51. The number of nitrogens with zero attached hydrogens (tertiary/aromatic N) is 3. The molecule has 2 fully saturated rings. The monoisotopic (exact) mass is 415 g/mol. The molecule has 5 rings (SSSR count). The highest BCUT2D eigenvalue weighted by Crippen LogP contribution is 2.59. The summed E-state index contributed by atoms with van der Waals surface area (Å²) in [6, 6.07) is 14.3. The Labute approximate surface area is 183 Å². The van der Waals surface area contributed by atoms with Gasteiger partial charge in [0.25, 0.3) is 5.91 Å². The fraction of sp³-hybridized carbons (Fsp3) is 0.400. The van der Waals surface area contributed by atoms with E-state index in [1.807, 2.05) is 36.9 Å². The summed E-state index contributed by atoms with van der Waals surface area (Å²) < 4.78 is 2.00. The van der Waals surface area contributed by atoms with Gasteiger partial charge >= 0.3 is 0 Å². The number of benzene rings is 2. The molecule has 3 atom stereocenters. The second kappa shape index (κ2) is 7.93. The minimum atomic E-state index is -0.0521. The van der Waals surface area contributed by atoms with Crippen molar-refractivity contribution >= 4 is 11.6 Å². The molecule has 2 aliphatic carbocycles.